The number of thiophene rings is 1. The molecule has 0 saturated carbocycles. The predicted octanol–water partition coefficient (Wildman–Crippen LogP) is 5.78. The second kappa shape index (κ2) is 6.53. The summed E-state index contributed by atoms with van der Waals surface area (Å²) in [6.07, 6.45) is 0. The maximum absolute atomic E-state index is 6.18. The van der Waals surface area contributed by atoms with E-state index in [9.17, 15) is 0 Å². The zero-order valence-corrected chi connectivity index (χ0v) is 14.5. The van der Waals surface area contributed by atoms with Gasteiger partial charge in [0.2, 0.25) is 0 Å². The molecule has 0 amide bonds. The second-order valence-corrected chi connectivity index (χ2v) is 7.67. The van der Waals surface area contributed by atoms with Crippen molar-refractivity contribution in [3.63, 3.8) is 0 Å². The number of hydrogen-bond donors (Lipinski definition) is 1. The van der Waals surface area contributed by atoms with Crippen molar-refractivity contribution >= 4 is 54.8 Å². The van der Waals surface area contributed by atoms with Gasteiger partial charge in [-0.15, -0.1) is 11.3 Å². The summed E-state index contributed by atoms with van der Waals surface area (Å²) in [5.74, 6) is 0. The largest absolute Gasteiger partial charge is 0.305 e. The molecule has 0 unspecified atom stereocenters. The van der Waals surface area contributed by atoms with Gasteiger partial charge < -0.3 is 5.32 Å². The Labute approximate surface area is 133 Å². The first-order valence-electron chi connectivity index (χ1n) is 5.49. The fourth-order valence-electron chi connectivity index (χ4n) is 1.67. The summed E-state index contributed by atoms with van der Waals surface area (Å²) < 4.78 is 2.24. The van der Waals surface area contributed by atoms with E-state index in [-0.39, 0.29) is 6.04 Å². The number of halogens is 3. The van der Waals surface area contributed by atoms with Gasteiger partial charge in [-0.3, -0.25) is 0 Å². The van der Waals surface area contributed by atoms with Gasteiger partial charge in [0.15, 0.2) is 0 Å². The summed E-state index contributed by atoms with van der Waals surface area (Å²) in [5, 5.41) is 4.29. The van der Waals surface area contributed by atoms with Crippen LogP contribution in [0.25, 0.3) is 0 Å². The summed E-state index contributed by atoms with van der Waals surface area (Å²) in [7, 11) is 0. The van der Waals surface area contributed by atoms with E-state index in [0.29, 0.717) is 0 Å². The molecule has 1 atom stereocenters. The van der Waals surface area contributed by atoms with Crippen molar-refractivity contribution in [3.8, 4) is 0 Å². The molecule has 96 valence electrons. The Bertz CT molecular complexity index is 522. The molecule has 0 fully saturated rings. The standard InChI is InChI=1S/C13H12Br2ClNS/c1-8(10-4-2-3-5-12(10)16)17-7-9-6-11(14)13(15)18-9/h2-6,8,17H,7H2,1H3/t8-/m1/s1. The zero-order valence-electron chi connectivity index (χ0n) is 9.71. The van der Waals surface area contributed by atoms with Crippen molar-refractivity contribution in [1.29, 1.82) is 0 Å². The molecule has 18 heavy (non-hydrogen) atoms. The lowest BCUT2D eigenvalue weighted by atomic mass is 10.1. The Morgan fingerprint density at radius 1 is 1.33 bits per heavy atom. The summed E-state index contributed by atoms with van der Waals surface area (Å²) in [4.78, 5) is 1.28. The van der Waals surface area contributed by atoms with Crippen LogP contribution in [0.5, 0.6) is 0 Å². The fourth-order valence-corrected chi connectivity index (χ4v) is 4.10. The molecular formula is C13H12Br2ClNS. The first-order chi connectivity index (χ1) is 8.58. The normalized spacial score (nSPS) is 12.7. The van der Waals surface area contributed by atoms with Crippen LogP contribution in [0.15, 0.2) is 38.6 Å². The highest BCUT2D eigenvalue weighted by Crippen LogP contribution is 2.32. The van der Waals surface area contributed by atoms with E-state index in [1.807, 2.05) is 18.2 Å². The molecule has 0 bridgehead atoms. The van der Waals surface area contributed by atoms with Gasteiger partial charge in [0.25, 0.3) is 0 Å². The lowest BCUT2D eigenvalue weighted by molar-refractivity contribution is 0.579. The van der Waals surface area contributed by atoms with Crippen molar-refractivity contribution in [2.75, 3.05) is 0 Å². The molecule has 0 spiro atoms. The maximum atomic E-state index is 6.18. The van der Waals surface area contributed by atoms with Gasteiger partial charge in [0.05, 0.1) is 3.79 Å². The Balaban J connectivity index is 2.00. The molecule has 1 nitrogen and oxygen atoms in total. The third-order valence-corrected chi connectivity index (χ3v) is 6.25. The Morgan fingerprint density at radius 2 is 2.06 bits per heavy atom. The SMILES string of the molecule is C[C@@H](NCc1cc(Br)c(Br)s1)c1ccccc1Cl. The minimum Gasteiger partial charge on any atom is -0.305 e. The number of nitrogens with one attached hydrogen (secondary N) is 1. The van der Waals surface area contributed by atoms with Gasteiger partial charge in [-0.2, -0.15) is 0 Å². The highest BCUT2D eigenvalue weighted by Gasteiger charge is 2.10. The van der Waals surface area contributed by atoms with E-state index in [1.165, 1.54) is 4.88 Å². The molecule has 2 rings (SSSR count). The average Bonchev–Trinajstić information content (AvgIpc) is 2.66. The topological polar surface area (TPSA) is 12.0 Å². The molecule has 1 aromatic heterocycles. The predicted molar refractivity (Wildman–Crippen MR) is 86.4 cm³/mol. The average molecular weight is 410 g/mol. The molecule has 2 aromatic rings. The molecule has 0 radical (unpaired) electrons. The van der Waals surface area contributed by atoms with Crippen LogP contribution in [0, 0.1) is 0 Å². The van der Waals surface area contributed by atoms with E-state index < -0.39 is 0 Å². The fraction of sp³-hybridized carbons (Fsp3) is 0.231. The first-order valence-corrected chi connectivity index (χ1v) is 8.27. The maximum Gasteiger partial charge on any atom is 0.0843 e. The van der Waals surface area contributed by atoms with Crippen LogP contribution in [0.1, 0.15) is 23.4 Å². The van der Waals surface area contributed by atoms with Crippen LogP contribution in [0.4, 0.5) is 0 Å². The van der Waals surface area contributed by atoms with Gasteiger partial charge in [-0.25, -0.2) is 0 Å². The molecule has 1 N–H and O–H groups in total. The summed E-state index contributed by atoms with van der Waals surface area (Å²) in [6, 6.07) is 10.3. The second-order valence-electron chi connectivity index (χ2n) is 3.96. The van der Waals surface area contributed by atoms with Gasteiger partial charge in [0.1, 0.15) is 0 Å². The van der Waals surface area contributed by atoms with Gasteiger partial charge in [-0.05, 0) is 56.5 Å². The van der Waals surface area contributed by atoms with Crippen LogP contribution in [-0.4, -0.2) is 0 Å². The van der Waals surface area contributed by atoms with E-state index in [1.54, 1.807) is 11.3 Å². The number of benzene rings is 1. The van der Waals surface area contributed by atoms with Crippen molar-refractivity contribution in [2.45, 2.75) is 19.5 Å². The zero-order chi connectivity index (χ0) is 13.1. The molecule has 0 aliphatic heterocycles. The summed E-state index contributed by atoms with van der Waals surface area (Å²) >= 11 is 14.9. The Hall–Kier alpha value is 0.130. The van der Waals surface area contributed by atoms with Crippen LogP contribution < -0.4 is 5.32 Å². The van der Waals surface area contributed by atoms with Crippen molar-refractivity contribution < 1.29 is 0 Å². The van der Waals surface area contributed by atoms with Crippen LogP contribution in [0.3, 0.4) is 0 Å². The highest BCUT2D eigenvalue weighted by molar-refractivity contribution is 9.13. The molecular weight excluding hydrogens is 397 g/mol. The van der Waals surface area contributed by atoms with Crippen molar-refractivity contribution in [2.24, 2.45) is 0 Å². The molecule has 0 saturated heterocycles. The minimum atomic E-state index is 0.235. The third-order valence-electron chi connectivity index (χ3n) is 2.65. The molecule has 5 heteroatoms. The minimum absolute atomic E-state index is 0.235. The van der Waals surface area contributed by atoms with Gasteiger partial charge >= 0.3 is 0 Å². The van der Waals surface area contributed by atoms with Crippen LogP contribution in [-0.2, 0) is 6.54 Å². The molecule has 0 aliphatic rings. The molecule has 1 aromatic carbocycles. The van der Waals surface area contributed by atoms with Crippen molar-refractivity contribution in [1.82, 2.24) is 5.32 Å². The van der Waals surface area contributed by atoms with Crippen LogP contribution >= 0.6 is 54.8 Å². The quantitative estimate of drug-likeness (QED) is 0.675. The highest BCUT2D eigenvalue weighted by atomic mass is 79.9. The molecule has 1 heterocycles. The first kappa shape index (κ1) is 14.5. The Morgan fingerprint density at radius 3 is 2.67 bits per heavy atom. The van der Waals surface area contributed by atoms with E-state index in [4.69, 9.17) is 11.6 Å². The van der Waals surface area contributed by atoms with Crippen LogP contribution in [0.2, 0.25) is 5.02 Å². The summed E-state index contributed by atoms with van der Waals surface area (Å²) in [5.41, 5.74) is 1.13. The van der Waals surface area contributed by atoms with E-state index in [0.717, 1.165) is 25.4 Å². The third kappa shape index (κ3) is 3.58. The molecule has 0 aliphatic carbocycles. The number of rotatable bonds is 4. The smallest absolute Gasteiger partial charge is 0.0843 e. The van der Waals surface area contributed by atoms with Crippen molar-refractivity contribution in [3.05, 3.63) is 54.1 Å². The van der Waals surface area contributed by atoms with Gasteiger partial charge in [-0.1, -0.05) is 29.8 Å². The lowest BCUT2D eigenvalue weighted by Gasteiger charge is -2.14. The summed E-state index contributed by atoms with van der Waals surface area (Å²) in [6.45, 7) is 2.96. The van der Waals surface area contributed by atoms with Gasteiger partial charge in [0, 0.05) is 27.0 Å². The monoisotopic (exact) mass is 407 g/mol. The Kier molecular flexibility index (Phi) is 5.27. The lowest BCUT2D eigenvalue weighted by Crippen LogP contribution is -2.17. The number of hydrogen-bond acceptors (Lipinski definition) is 2. The van der Waals surface area contributed by atoms with E-state index >= 15 is 0 Å². The van der Waals surface area contributed by atoms with E-state index in [2.05, 4.69) is 56.2 Å².